The number of carbonyl (C=O) groups is 2. The zero-order chi connectivity index (χ0) is 20.9. The Morgan fingerprint density at radius 3 is 2.62 bits per heavy atom. The Labute approximate surface area is 177 Å². The first-order chi connectivity index (χ1) is 13.9. The average molecular weight is 415 g/mol. The first-order valence-electron chi connectivity index (χ1n) is 10.3. The summed E-state index contributed by atoms with van der Waals surface area (Å²) in [5.74, 6) is 0.225. The van der Waals surface area contributed by atoms with Crippen LogP contribution in [0.2, 0.25) is 0 Å². The highest BCUT2D eigenvalue weighted by Crippen LogP contribution is 2.28. The number of nitrogens with zero attached hydrogens (tertiary/aromatic N) is 1. The fraction of sp³-hybridized carbons (Fsp3) is 0.478. The molecule has 0 spiro atoms. The van der Waals surface area contributed by atoms with Crippen LogP contribution in [-0.2, 0) is 20.7 Å². The van der Waals surface area contributed by atoms with Crippen molar-refractivity contribution in [2.45, 2.75) is 39.2 Å². The number of benzene rings is 1. The number of hydrogen-bond donors (Lipinski definition) is 1. The molecule has 29 heavy (non-hydrogen) atoms. The van der Waals surface area contributed by atoms with Gasteiger partial charge in [0.1, 0.15) is 0 Å². The molecule has 0 bridgehead atoms. The van der Waals surface area contributed by atoms with E-state index >= 15 is 0 Å². The molecular formula is C23H30N2O3S. The maximum absolute atomic E-state index is 13.0. The fourth-order valence-corrected chi connectivity index (χ4v) is 4.41. The van der Waals surface area contributed by atoms with Crippen molar-refractivity contribution in [1.29, 1.82) is 0 Å². The van der Waals surface area contributed by atoms with E-state index in [1.54, 1.807) is 16.2 Å². The van der Waals surface area contributed by atoms with Crippen molar-refractivity contribution >= 4 is 23.2 Å². The van der Waals surface area contributed by atoms with Gasteiger partial charge in [-0.15, -0.1) is 11.3 Å². The summed E-state index contributed by atoms with van der Waals surface area (Å²) >= 11 is 1.70. The Balaban J connectivity index is 1.81. The highest BCUT2D eigenvalue weighted by molar-refractivity contribution is 7.13. The molecule has 1 aliphatic rings. The molecule has 6 heteroatoms. The Morgan fingerprint density at radius 1 is 1.24 bits per heavy atom. The summed E-state index contributed by atoms with van der Waals surface area (Å²) in [5.41, 5.74) is 1.13. The van der Waals surface area contributed by atoms with Gasteiger partial charge in [-0.2, -0.15) is 0 Å². The van der Waals surface area contributed by atoms with Crippen LogP contribution in [0.1, 0.15) is 32.8 Å². The van der Waals surface area contributed by atoms with Gasteiger partial charge in [-0.3, -0.25) is 9.59 Å². The molecule has 2 heterocycles. The van der Waals surface area contributed by atoms with Gasteiger partial charge in [-0.05, 0) is 35.4 Å². The third-order valence-corrected chi connectivity index (χ3v) is 6.04. The second kappa shape index (κ2) is 9.55. The van der Waals surface area contributed by atoms with Crippen molar-refractivity contribution in [2.24, 2.45) is 5.92 Å². The first kappa shape index (κ1) is 21.5. The lowest BCUT2D eigenvalue weighted by Gasteiger charge is -2.42. The topological polar surface area (TPSA) is 58.6 Å². The Morgan fingerprint density at radius 2 is 2.00 bits per heavy atom. The van der Waals surface area contributed by atoms with Gasteiger partial charge in [0.05, 0.1) is 13.2 Å². The smallest absolute Gasteiger partial charge is 0.254 e. The van der Waals surface area contributed by atoms with Crippen molar-refractivity contribution < 1.29 is 14.3 Å². The lowest BCUT2D eigenvalue weighted by Crippen LogP contribution is -2.62. The minimum absolute atomic E-state index is 0.0880. The summed E-state index contributed by atoms with van der Waals surface area (Å²) in [5, 5.41) is 4.97. The molecule has 1 N–H and O–H groups in total. The number of morpholine rings is 1. The van der Waals surface area contributed by atoms with Crippen LogP contribution < -0.4 is 5.32 Å². The third kappa shape index (κ3) is 5.25. The lowest BCUT2D eigenvalue weighted by atomic mass is 9.90. The van der Waals surface area contributed by atoms with Crippen molar-refractivity contribution in [2.75, 3.05) is 26.2 Å². The molecule has 5 nitrogen and oxygen atoms in total. The highest BCUT2D eigenvalue weighted by atomic mass is 32.1. The molecule has 2 amide bonds. The predicted octanol–water partition coefficient (Wildman–Crippen LogP) is 3.74. The van der Waals surface area contributed by atoms with E-state index in [1.807, 2.05) is 39.0 Å². The molecule has 1 atom stereocenters. The van der Waals surface area contributed by atoms with E-state index in [2.05, 4.69) is 28.9 Å². The SMILES string of the molecule is CCNC(=O)[C@]1(Cc2ccc(-c3cccs3)cc2)CN(C(=O)CC(C)C)CCO1. The summed E-state index contributed by atoms with van der Waals surface area (Å²) in [4.78, 5) is 28.6. The number of hydrogen-bond acceptors (Lipinski definition) is 4. The molecule has 0 radical (unpaired) electrons. The number of likely N-dealkylation sites (N-methyl/N-ethyl adjacent to an activating group) is 1. The number of carbonyl (C=O) groups excluding carboxylic acids is 2. The van der Waals surface area contributed by atoms with Crippen LogP contribution >= 0.6 is 11.3 Å². The summed E-state index contributed by atoms with van der Waals surface area (Å²) in [7, 11) is 0. The van der Waals surface area contributed by atoms with Gasteiger partial charge in [0.2, 0.25) is 5.91 Å². The zero-order valence-corrected chi connectivity index (χ0v) is 18.3. The van der Waals surface area contributed by atoms with E-state index in [4.69, 9.17) is 4.74 Å². The molecule has 1 aromatic carbocycles. The third-order valence-electron chi connectivity index (χ3n) is 5.12. The van der Waals surface area contributed by atoms with Gasteiger partial charge in [-0.25, -0.2) is 0 Å². The molecule has 2 aromatic rings. The van der Waals surface area contributed by atoms with Crippen molar-refractivity contribution in [3.63, 3.8) is 0 Å². The molecule has 1 aromatic heterocycles. The lowest BCUT2D eigenvalue weighted by molar-refractivity contribution is -0.166. The van der Waals surface area contributed by atoms with Gasteiger partial charge < -0.3 is 15.0 Å². The van der Waals surface area contributed by atoms with Crippen LogP contribution in [0.15, 0.2) is 41.8 Å². The van der Waals surface area contributed by atoms with Crippen LogP contribution in [0.4, 0.5) is 0 Å². The van der Waals surface area contributed by atoms with Crippen LogP contribution in [0.5, 0.6) is 0 Å². The van der Waals surface area contributed by atoms with Crippen LogP contribution in [0.25, 0.3) is 10.4 Å². The van der Waals surface area contributed by atoms with E-state index < -0.39 is 5.60 Å². The minimum atomic E-state index is -1.05. The number of nitrogens with one attached hydrogen (secondary N) is 1. The molecule has 156 valence electrons. The normalized spacial score (nSPS) is 19.4. The van der Waals surface area contributed by atoms with Crippen molar-refractivity contribution in [1.82, 2.24) is 10.2 Å². The van der Waals surface area contributed by atoms with E-state index in [9.17, 15) is 9.59 Å². The first-order valence-corrected chi connectivity index (χ1v) is 11.1. The fourth-order valence-electron chi connectivity index (χ4n) is 3.68. The van der Waals surface area contributed by atoms with E-state index in [0.29, 0.717) is 32.5 Å². The van der Waals surface area contributed by atoms with Crippen LogP contribution in [0.3, 0.4) is 0 Å². The number of thiophene rings is 1. The average Bonchev–Trinajstić information content (AvgIpc) is 3.23. The van der Waals surface area contributed by atoms with Gasteiger partial charge in [0.15, 0.2) is 5.60 Å². The van der Waals surface area contributed by atoms with Gasteiger partial charge in [0, 0.05) is 30.8 Å². The largest absolute Gasteiger partial charge is 0.361 e. The Kier molecular flexibility index (Phi) is 7.09. The molecular weight excluding hydrogens is 384 g/mol. The molecule has 3 rings (SSSR count). The van der Waals surface area contributed by atoms with Gasteiger partial charge in [0.25, 0.3) is 5.91 Å². The van der Waals surface area contributed by atoms with Crippen molar-refractivity contribution in [3.05, 3.63) is 47.3 Å². The van der Waals surface area contributed by atoms with Gasteiger partial charge >= 0.3 is 0 Å². The summed E-state index contributed by atoms with van der Waals surface area (Å²) in [6.45, 7) is 7.68. The predicted molar refractivity (Wildman–Crippen MR) is 117 cm³/mol. The standard InChI is InChI=1S/C23H30N2O3S/c1-4-24-22(27)23(16-25(11-12-28-23)21(26)14-17(2)3)15-18-7-9-19(10-8-18)20-6-5-13-29-20/h5-10,13,17H,4,11-12,14-16H2,1-3H3,(H,24,27)/t23-/m0/s1. The second-order valence-corrected chi connectivity index (χ2v) is 8.91. The maximum atomic E-state index is 13.0. The molecule has 1 fully saturated rings. The summed E-state index contributed by atoms with van der Waals surface area (Å²) < 4.78 is 6.07. The molecule has 0 aliphatic carbocycles. The van der Waals surface area contributed by atoms with E-state index in [1.165, 1.54) is 4.88 Å². The van der Waals surface area contributed by atoms with Crippen LogP contribution in [-0.4, -0.2) is 48.6 Å². The number of rotatable bonds is 7. The molecule has 1 aliphatic heterocycles. The van der Waals surface area contributed by atoms with E-state index in [0.717, 1.165) is 11.1 Å². The van der Waals surface area contributed by atoms with Crippen LogP contribution in [0, 0.1) is 5.92 Å². The zero-order valence-electron chi connectivity index (χ0n) is 17.4. The number of ether oxygens (including phenoxy) is 1. The maximum Gasteiger partial charge on any atom is 0.254 e. The highest BCUT2D eigenvalue weighted by Gasteiger charge is 2.44. The Hall–Kier alpha value is -2.18. The minimum Gasteiger partial charge on any atom is -0.361 e. The molecule has 0 saturated carbocycles. The second-order valence-electron chi connectivity index (χ2n) is 7.97. The molecule has 0 unspecified atom stereocenters. The monoisotopic (exact) mass is 414 g/mol. The quantitative estimate of drug-likeness (QED) is 0.751. The Bertz CT molecular complexity index is 817. The van der Waals surface area contributed by atoms with Gasteiger partial charge in [-0.1, -0.05) is 44.2 Å². The van der Waals surface area contributed by atoms with E-state index in [-0.39, 0.29) is 24.3 Å². The molecule has 1 saturated heterocycles. The summed E-state index contributed by atoms with van der Waals surface area (Å²) in [6, 6.07) is 12.4. The number of amides is 2. The van der Waals surface area contributed by atoms with Crippen molar-refractivity contribution in [3.8, 4) is 10.4 Å². The summed E-state index contributed by atoms with van der Waals surface area (Å²) in [6.07, 6.45) is 0.927.